The molecule has 3 aliphatic heterocycles. The monoisotopic (exact) mass is 749 g/mol. The fraction of sp³-hybridized carbons (Fsp3) is 0.974. The van der Waals surface area contributed by atoms with Crippen molar-refractivity contribution in [3.8, 4) is 0 Å². The maximum Gasteiger partial charge on any atom is 0.311 e. The van der Waals surface area contributed by atoms with Gasteiger partial charge in [0.1, 0.15) is 30.0 Å². The van der Waals surface area contributed by atoms with E-state index in [0.717, 1.165) is 0 Å². The third kappa shape index (κ3) is 10.0. The van der Waals surface area contributed by atoms with Gasteiger partial charge in [-0.25, -0.2) is 0 Å². The molecule has 0 unspecified atom stereocenters. The molecule has 0 aromatic heterocycles. The molecule has 0 saturated carbocycles. The molecule has 0 bridgehead atoms. The number of ether oxygens (including phenoxy) is 6. The molecule has 0 spiro atoms. The van der Waals surface area contributed by atoms with Crippen molar-refractivity contribution in [2.24, 2.45) is 17.8 Å². The molecular weight excluding hydrogens is 676 g/mol. The van der Waals surface area contributed by atoms with Crippen LogP contribution in [0.15, 0.2) is 0 Å². The molecule has 14 nitrogen and oxygen atoms in total. The first-order chi connectivity index (χ1) is 23.9. The Morgan fingerprint density at radius 1 is 0.942 bits per heavy atom. The van der Waals surface area contributed by atoms with Crippen LogP contribution in [0.1, 0.15) is 94.9 Å². The minimum Gasteiger partial charge on any atom is -0.459 e. The summed E-state index contributed by atoms with van der Waals surface area (Å²) < 4.78 is 37.5. The summed E-state index contributed by atoms with van der Waals surface area (Å²) in [5.74, 6) is -2.58. The second kappa shape index (κ2) is 17.8. The Morgan fingerprint density at radius 2 is 1.56 bits per heavy atom. The van der Waals surface area contributed by atoms with E-state index in [-0.39, 0.29) is 37.3 Å². The maximum atomic E-state index is 14.2. The highest BCUT2D eigenvalue weighted by molar-refractivity contribution is 5.73. The Kier molecular flexibility index (Phi) is 15.6. The van der Waals surface area contributed by atoms with Gasteiger partial charge in [0.05, 0.1) is 41.5 Å². The van der Waals surface area contributed by atoms with Crippen LogP contribution in [0.3, 0.4) is 0 Å². The van der Waals surface area contributed by atoms with E-state index in [4.69, 9.17) is 28.4 Å². The average molecular weight is 749 g/mol. The molecule has 3 saturated heterocycles. The number of carbonyl (C=O) groups is 1. The SMILES string of the molecule is CC[C@@H]1OC(=O)[C@H](C)[C@@H](O[C@H]2C[C@@](C)(OC)[C@@H](O)[C@H](C)O2)[C@H](C)[C@@H](O[C@@H]2O[C@H](C)C[C@H](N(C)C)[C@H]2O)[C@](C)(O)C[C@H](C)CN(C)[C@@H](C)[C@@H](O)[C@]1(C)O. The first kappa shape index (κ1) is 45.4. The van der Waals surface area contributed by atoms with Crippen molar-refractivity contribution in [2.45, 2.75) is 185 Å². The summed E-state index contributed by atoms with van der Waals surface area (Å²) in [7, 11) is 7.12. The molecule has 5 N–H and O–H groups in total. The van der Waals surface area contributed by atoms with E-state index in [0.29, 0.717) is 13.0 Å². The van der Waals surface area contributed by atoms with Crippen LogP contribution in [0, 0.1) is 17.8 Å². The summed E-state index contributed by atoms with van der Waals surface area (Å²) in [6.07, 6.45) is -8.19. The quantitative estimate of drug-likeness (QED) is 0.238. The first-order valence-electron chi connectivity index (χ1n) is 19.1. The third-order valence-corrected chi connectivity index (χ3v) is 12.2. The fourth-order valence-corrected chi connectivity index (χ4v) is 8.74. The lowest BCUT2D eigenvalue weighted by atomic mass is 9.77. The van der Waals surface area contributed by atoms with Gasteiger partial charge in [0.15, 0.2) is 12.6 Å². The third-order valence-electron chi connectivity index (χ3n) is 12.2. The molecule has 0 aliphatic carbocycles. The van der Waals surface area contributed by atoms with E-state index in [2.05, 4.69) is 0 Å². The van der Waals surface area contributed by atoms with Gasteiger partial charge in [0.2, 0.25) is 0 Å². The van der Waals surface area contributed by atoms with Crippen molar-refractivity contribution < 1.29 is 58.7 Å². The topological polar surface area (TPSA) is 180 Å². The Hall–Kier alpha value is -1.01. The summed E-state index contributed by atoms with van der Waals surface area (Å²) in [5.41, 5.74) is -4.37. The second-order valence-corrected chi connectivity index (χ2v) is 17.2. The van der Waals surface area contributed by atoms with Crippen molar-refractivity contribution in [2.75, 3.05) is 34.8 Å². The lowest BCUT2D eigenvalue weighted by Crippen LogP contribution is -2.60. The molecule has 52 heavy (non-hydrogen) atoms. The smallest absolute Gasteiger partial charge is 0.311 e. The van der Waals surface area contributed by atoms with Gasteiger partial charge in [-0.1, -0.05) is 20.8 Å². The standard InChI is InChI=1S/C38H72N2O12/c1-15-27-38(10,46)31(42)24(6)40(13)19-20(2)17-36(8,45)33(52-35-29(41)26(39(11)12)16-21(3)48-35)22(4)30(23(5)34(44)50-27)51-28-18-37(9,47-14)32(43)25(7)49-28/h20-33,35,41-43,45-46H,15-19H2,1-14H3/t20-,21+,22-,23+,24-,25-,26-,27-,28-,29+,30-,31+,32-,33+,35-,36+,37+,38+/m0/s1. The highest BCUT2D eigenvalue weighted by Crippen LogP contribution is 2.40. The van der Waals surface area contributed by atoms with Gasteiger partial charge in [0.25, 0.3) is 0 Å². The molecule has 18 atom stereocenters. The first-order valence-corrected chi connectivity index (χ1v) is 19.1. The molecule has 0 radical (unpaired) electrons. The molecular formula is C38H72N2O12. The van der Waals surface area contributed by atoms with E-state index in [9.17, 15) is 30.3 Å². The summed E-state index contributed by atoms with van der Waals surface area (Å²) in [6, 6.07) is -0.808. The van der Waals surface area contributed by atoms with Gasteiger partial charge < -0.3 is 63.8 Å². The Labute approximate surface area is 312 Å². The molecule has 306 valence electrons. The van der Waals surface area contributed by atoms with Crippen LogP contribution in [-0.4, -0.2) is 166 Å². The predicted molar refractivity (Wildman–Crippen MR) is 194 cm³/mol. The number of hydrogen-bond donors (Lipinski definition) is 5. The number of aliphatic hydroxyl groups excluding tert-OH is 3. The summed E-state index contributed by atoms with van der Waals surface area (Å²) in [5, 5.41) is 58.1. The van der Waals surface area contributed by atoms with Gasteiger partial charge in [-0.15, -0.1) is 0 Å². The van der Waals surface area contributed by atoms with Gasteiger partial charge in [-0.05, 0) is 94.8 Å². The van der Waals surface area contributed by atoms with Gasteiger partial charge in [0, 0.05) is 38.1 Å². The van der Waals surface area contributed by atoms with Crippen LogP contribution < -0.4 is 0 Å². The van der Waals surface area contributed by atoms with E-state index in [1.807, 2.05) is 51.7 Å². The number of rotatable bonds is 7. The largest absolute Gasteiger partial charge is 0.459 e. The molecule has 3 aliphatic rings. The zero-order chi connectivity index (χ0) is 39.7. The van der Waals surface area contributed by atoms with Crippen molar-refractivity contribution in [3.63, 3.8) is 0 Å². The summed E-state index contributed by atoms with van der Waals surface area (Å²) >= 11 is 0. The number of aliphatic hydroxyl groups is 5. The van der Waals surface area contributed by atoms with E-state index in [1.165, 1.54) is 14.0 Å². The van der Waals surface area contributed by atoms with Crippen LogP contribution in [-0.2, 0) is 33.2 Å². The molecule has 14 heteroatoms. The lowest BCUT2D eigenvalue weighted by molar-refractivity contribution is -0.318. The molecule has 0 amide bonds. The zero-order valence-corrected chi connectivity index (χ0v) is 34.2. The van der Waals surface area contributed by atoms with Crippen molar-refractivity contribution in [1.82, 2.24) is 9.80 Å². The Bertz CT molecular complexity index is 1140. The summed E-state index contributed by atoms with van der Waals surface area (Å²) in [4.78, 5) is 18.0. The van der Waals surface area contributed by atoms with Crippen LogP contribution in [0.2, 0.25) is 0 Å². The number of cyclic esters (lactones) is 1. The summed E-state index contributed by atoms with van der Waals surface area (Å²) in [6.45, 7) is 18.0. The number of esters is 1. The van der Waals surface area contributed by atoms with E-state index >= 15 is 0 Å². The molecule has 3 rings (SSSR count). The zero-order valence-electron chi connectivity index (χ0n) is 34.2. The van der Waals surface area contributed by atoms with Gasteiger partial charge in [-0.2, -0.15) is 0 Å². The lowest BCUT2D eigenvalue weighted by Gasteiger charge is -2.48. The highest BCUT2D eigenvalue weighted by atomic mass is 16.7. The maximum absolute atomic E-state index is 14.2. The van der Waals surface area contributed by atoms with Gasteiger partial charge >= 0.3 is 5.97 Å². The van der Waals surface area contributed by atoms with Crippen LogP contribution in [0.4, 0.5) is 0 Å². The van der Waals surface area contributed by atoms with E-state index < -0.39 is 96.0 Å². The van der Waals surface area contributed by atoms with Crippen molar-refractivity contribution >= 4 is 5.97 Å². The Balaban J connectivity index is 2.17. The van der Waals surface area contributed by atoms with Crippen molar-refractivity contribution in [3.05, 3.63) is 0 Å². The molecule has 3 fully saturated rings. The van der Waals surface area contributed by atoms with E-state index in [1.54, 1.807) is 41.5 Å². The normalized spacial score (nSPS) is 49.6. The number of nitrogens with zero attached hydrogens (tertiary/aromatic N) is 2. The highest BCUT2D eigenvalue weighted by Gasteiger charge is 2.52. The minimum absolute atomic E-state index is 0.133. The number of hydrogen-bond acceptors (Lipinski definition) is 14. The average Bonchev–Trinajstić information content (AvgIpc) is 3.05. The molecule has 0 aromatic rings. The molecule has 0 aromatic carbocycles. The van der Waals surface area contributed by atoms with Crippen LogP contribution >= 0.6 is 0 Å². The number of methoxy groups -OCH3 is 1. The second-order valence-electron chi connectivity index (χ2n) is 17.2. The van der Waals surface area contributed by atoms with Gasteiger partial charge in [-0.3, -0.25) is 4.79 Å². The van der Waals surface area contributed by atoms with Crippen LogP contribution in [0.25, 0.3) is 0 Å². The predicted octanol–water partition coefficient (Wildman–Crippen LogP) is 1.90. The van der Waals surface area contributed by atoms with Crippen LogP contribution in [0.5, 0.6) is 0 Å². The number of carbonyl (C=O) groups excluding carboxylic acids is 1. The fourth-order valence-electron chi connectivity index (χ4n) is 8.74. The number of likely N-dealkylation sites (N-methyl/N-ethyl adjacent to an activating group) is 2. The minimum atomic E-state index is -1.80. The van der Waals surface area contributed by atoms with Crippen molar-refractivity contribution in [1.29, 1.82) is 0 Å². The Morgan fingerprint density at radius 3 is 2.12 bits per heavy atom. The molecule has 3 heterocycles.